The molecule has 10 nitrogen and oxygen atoms in total. The van der Waals surface area contributed by atoms with Gasteiger partial charge >= 0.3 is 0 Å². The summed E-state index contributed by atoms with van der Waals surface area (Å²) in [5, 5.41) is 4.27. The van der Waals surface area contributed by atoms with Crippen molar-refractivity contribution in [2.45, 2.75) is 32.2 Å². The number of nitrogens with two attached hydrogens (primary N) is 1. The third-order valence-electron chi connectivity index (χ3n) is 6.65. The van der Waals surface area contributed by atoms with Gasteiger partial charge in [0.2, 0.25) is 17.7 Å². The van der Waals surface area contributed by atoms with Crippen molar-refractivity contribution in [2.24, 2.45) is 17.0 Å². The van der Waals surface area contributed by atoms with Gasteiger partial charge in [0.15, 0.2) is 0 Å². The summed E-state index contributed by atoms with van der Waals surface area (Å²) in [6.07, 6.45) is 6.96. The molecule has 0 atom stereocenters. The van der Waals surface area contributed by atoms with Crippen molar-refractivity contribution in [3.05, 3.63) is 41.9 Å². The molecule has 0 saturated carbocycles. The first-order chi connectivity index (χ1) is 16.6. The third-order valence-corrected chi connectivity index (χ3v) is 6.65. The molecule has 10 heteroatoms. The van der Waals surface area contributed by atoms with Gasteiger partial charge in [-0.2, -0.15) is 0 Å². The Labute approximate surface area is 200 Å². The van der Waals surface area contributed by atoms with Gasteiger partial charge in [-0.1, -0.05) is 11.2 Å². The van der Waals surface area contributed by atoms with Gasteiger partial charge in [-0.3, -0.25) is 9.69 Å². The summed E-state index contributed by atoms with van der Waals surface area (Å²) < 4.78 is 5.26. The van der Waals surface area contributed by atoms with Gasteiger partial charge in [0, 0.05) is 55.5 Å². The molecule has 2 aromatic heterocycles. The van der Waals surface area contributed by atoms with Crippen LogP contribution in [0.1, 0.15) is 36.9 Å². The maximum Gasteiger partial charge on any atom is 0.225 e. The highest BCUT2D eigenvalue weighted by atomic mass is 16.6. The predicted octanol–water partition coefficient (Wildman–Crippen LogP) is 1.96. The zero-order chi connectivity index (χ0) is 23.9. The minimum Gasteiger partial charge on any atom is -0.481 e. The van der Waals surface area contributed by atoms with Crippen LogP contribution in [-0.2, 0) is 16.2 Å². The van der Waals surface area contributed by atoms with Crippen molar-refractivity contribution >= 4 is 17.6 Å². The topological polar surface area (TPSA) is 119 Å². The van der Waals surface area contributed by atoms with Gasteiger partial charge in [-0.25, -0.2) is 15.0 Å². The highest BCUT2D eigenvalue weighted by Crippen LogP contribution is 2.27. The zero-order valence-electron chi connectivity index (χ0n) is 19.9. The van der Waals surface area contributed by atoms with E-state index in [1.54, 1.807) is 26.6 Å². The third kappa shape index (κ3) is 5.80. The highest BCUT2D eigenvalue weighted by Gasteiger charge is 2.33. The van der Waals surface area contributed by atoms with Crippen molar-refractivity contribution in [3.63, 3.8) is 0 Å². The number of ether oxygens (including phenoxy) is 1. The van der Waals surface area contributed by atoms with E-state index in [0.717, 1.165) is 75.4 Å². The number of hydrogen-bond acceptors (Lipinski definition) is 9. The molecule has 4 heterocycles. The molecular weight excluding hydrogens is 434 g/mol. The average Bonchev–Trinajstić information content (AvgIpc) is 2.89. The van der Waals surface area contributed by atoms with E-state index < -0.39 is 0 Å². The lowest BCUT2D eigenvalue weighted by molar-refractivity contribution is -0.138. The first-order valence-electron chi connectivity index (χ1n) is 11.8. The lowest BCUT2D eigenvalue weighted by Crippen LogP contribution is -2.46. The predicted molar refractivity (Wildman–Crippen MR) is 128 cm³/mol. The van der Waals surface area contributed by atoms with Crippen LogP contribution in [0.2, 0.25) is 0 Å². The van der Waals surface area contributed by atoms with Crippen LogP contribution in [0.5, 0.6) is 5.88 Å². The maximum atomic E-state index is 13.2. The van der Waals surface area contributed by atoms with Gasteiger partial charge in [0.1, 0.15) is 12.8 Å². The van der Waals surface area contributed by atoms with Crippen molar-refractivity contribution < 1.29 is 14.4 Å². The number of carbonyl (C=O) groups is 1. The number of amides is 1. The SMILES string of the molecule is CO/N=C(\c1cccc(OC)n1)C1CCN(C(=O)C2CCN(Cc3cnc(N)nc3)CC2)CC1. The van der Waals surface area contributed by atoms with Crippen LogP contribution in [0.4, 0.5) is 5.95 Å². The second-order valence-electron chi connectivity index (χ2n) is 8.82. The van der Waals surface area contributed by atoms with Crippen molar-refractivity contribution in [1.82, 2.24) is 24.8 Å². The maximum absolute atomic E-state index is 13.2. The van der Waals surface area contributed by atoms with Crippen LogP contribution in [0.25, 0.3) is 0 Å². The first kappa shape index (κ1) is 23.9. The molecule has 0 spiro atoms. The largest absolute Gasteiger partial charge is 0.481 e. The Morgan fingerprint density at radius 2 is 1.74 bits per heavy atom. The fraction of sp³-hybridized carbons (Fsp3) is 0.542. The summed E-state index contributed by atoms with van der Waals surface area (Å²) >= 11 is 0. The fourth-order valence-electron chi connectivity index (χ4n) is 4.77. The Hall–Kier alpha value is -3.27. The Bertz CT molecular complexity index is 982. The van der Waals surface area contributed by atoms with Crippen LogP contribution < -0.4 is 10.5 Å². The summed E-state index contributed by atoms with van der Waals surface area (Å²) in [4.78, 5) is 35.3. The summed E-state index contributed by atoms with van der Waals surface area (Å²) in [5.74, 6) is 1.38. The van der Waals surface area contributed by atoms with E-state index in [9.17, 15) is 4.79 Å². The van der Waals surface area contributed by atoms with Crippen molar-refractivity contribution in [1.29, 1.82) is 0 Å². The standard InChI is InChI=1S/C24H33N7O3/c1-33-21-5-3-4-20(28-21)22(29-34-2)18-8-12-31(13-9-18)23(32)19-6-10-30(11-7-19)16-17-14-26-24(25)27-15-17/h3-5,14-15,18-19H,6-13,16H2,1-2H3,(H2,25,26,27)/b29-22-. The number of rotatable bonds is 7. The summed E-state index contributed by atoms with van der Waals surface area (Å²) in [7, 11) is 3.14. The Morgan fingerprint density at radius 1 is 1.06 bits per heavy atom. The smallest absolute Gasteiger partial charge is 0.225 e. The average molecular weight is 468 g/mol. The molecule has 0 bridgehead atoms. The number of pyridine rings is 1. The molecule has 0 unspecified atom stereocenters. The molecular formula is C24H33N7O3. The zero-order valence-corrected chi connectivity index (χ0v) is 19.9. The monoisotopic (exact) mass is 467 g/mol. The lowest BCUT2D eigenvalue weighted by Gasteiger charge is -2.37. The van der Waals surface area contributed by atoms with Gasteiger partial charge in [-0.15, -0.1) is 0 Å². The number of piperidine rings is 2. The van der Waals surface area contributed by atoms with E-state index >= 15 is 0 Å². The molecule has 0 aromatic carbocycles. The normalized spacial score (nSPS) is 18.6. The second kappa shape index (κ2) is 11.2. The molecule has 2 aliphatic rings. The lowest BCUT2D eigenvalue weighted by atomic mass is 9.88. The molecule has 2 N–H and O–H groups in total. The number of nitrogen functional groups attached to an aromatic ring is 1. The number of likely N-dealkylation sites (tertiary alicyclic amines) is 2. The summed E-state index contributed by atoms with van der Waals surface area (Å²) in [5.41, 5.74) is 8.17. The molecule has 34 heavy (non-hydrogen) atoms. The number of aromatic nitrogens is 3. The van der Waals surface area contributed by atoms with E-state index in [1.807, 2.05) is 23.1 Å². The number of oxime groups is 1. The molecule has 0 radical (unpaired) electrons. The van der Waals surface area contributed by atoms with Crippen LogP contribution in [0.15, 0.2) is 35.7 Å². The minimum absolute atomic E-state index is 0.0858. The van der Waals surface area contributed by atoms with Gasteiger partial charge in [-0.05, 0) is 44.8 Å². The molecule has 1 amide bonds. The molecule has 4 rings (SSSR count). The summed E-state index contributed by atoms with van der Waals surface area (Å²) in [6, 6.07) is 5.63. The Kier molecular flexibility index (Phi) is 7.89. The first-order valence-corrected chi connectivity index (χ1v) is 11.8. The van der Waals surface area contributed by atoms with Crippen LogP contribution in [0.3, 0.4) is 0 Å². The van der Waals surface area contributed by atoms with Crippen LogP contribution in [-0.4, -0.2) is 76.8 Å². The molecule has 2 saturated heterocycles. The number of hydrogen-bond donors (Lipinski definition) is 1. The Morgan fingerprint density at radius 3 is 2.38 bits per heavy atom. The van der Waals surface area contributed by atoms with Crippen molar-refractivity contribution in [2.75, 3.05) is 46.1 Å². The molecule has 0 aliphatic carbocycles. The molecule has 182 valence electrons. The van der Waals surface area contributed by atoms with E-state index in [0.29, 0.717) is 5.88 Å². The second-order valence-corrected chi connectivity index (χ2v) is 8.82. The Balaban J connectivity index is 1.28. The highest BCUT2D eigenvalue weighted by molar-refractivity contribution is 6.00. The molecule has 2 aliphatic heterocycles. The van der Waals surface area contributed by atoms with Crippen molar-refractivity contribution in [3.8, 4) is 5.88 Å². The summed E-state index contributed by atoms with van der Waals surface area (Å²) in [6.45, 7) is 4.01. The minimum atomic E-state index is 0.0858. The van der Waals surface area contributed by atoms with Crippen LogP contribution in [0, 0.1) is 11.8 Å². The number of anilines is 1. The van der Waals surface area contributed by atoms with E-state index in [4.69, 9.17) is 15.3 Å². The van der Waals surface area contributed by atoms with Gasteiger partial charge in [0.05, 0.1) is 12.8 Å². The number of methoxy groups -OCH3 is 1. The van der Waals surface area contributed by atoms with Gasteiger partial charge < -0.3 is 20.2 Å². The quantitative estimate of drug-likeness (QED) is 0.485. The fourth-order valence-corrected chi connectivity index (χ4v) is 4.77. The van der Waals surface area contributed by atoms with Gasteiger partial charge in [0.25, 0.3) is 0 Å². The molecule has 2 fully saturated rings. The number of carbonyl (C=O) groups excluding carboxylic acids is 1. The molecule has 2 aromatic rings. The van der Waals surface area contributed by atoms with Crippen LogP contribution >= 0.6 is 0 Å². The van der Waals surface area contributed by atoms with E-state index in [2.05, 4.69) is 25.0 Å². The number of nitrogens with zero attached hydrogens (tertiary/aromatic N) is 6. The van der Waals surface area contributed by atoms with E-state index in [-0.39, 0.29) is 23.7 Å². The van der Waals surface area contributed by atoms with E-state index in [1.165, 1.54) is 0 Å².